The molecule has 0 radical (unpaired) electrons. The summed E-state index contributed by atoms with van der Waals surface area (Å²) in [6.07, 6.45) is 4.62. The minimum atomic E-state index is -0.716. The van der Waals surface area contributed by atoms with Crippen molar-refractivity contribution >= 4 is 40.6 Å². The number of likely N-dealkylation sites (tertiary alicyclic amines) is 1. The highest BCUT2D eigenvalue weighted by Gasteiger charge is 2.33. The highest BCUT2D eigenvalue weighted by molar-refractivity contribution is 7.14. The zero-order valence-electron chi connectivity index (χ0n) is 15.6. The Labute approximate surface area is 166 Å². The van der Waals surface area contributed by atoms with Gasteiger partial charge in [0.1, 0.15) is 5.82 Å². The number of nitrogens with two attached hydrogens (primary N) is 2. The molecule has 3 rings (SSSR count). The number of aromatic nitrogens is 1. The average Bonchev–Trinajstić information content (AvgIpc) is 3.19. The van der Waals surface area contributed by atoms with Crippen LogP contribution >= 0.6 is 11.3 Å². The number of thiophene rings is 1. The van der Waals surface area contributed by atoms with Crippen molar-refractivity contribution in [1.82, 2.24) is 9.88 Å². The Balaban J connectivity index is 1.76. The molecular formula is C19H23N5O3S. The van der Waals surface area contributed by atoms with Crippen molar-refractivity contribution in [3.05, 3.63) is 39.7 Å². The molecule has 0 aromatic carbocycles. The van der Waals surface area contributed by atoms with Gasteiger partial charge in [0.2, 0.25) is 0 Å². The fourth-order valence-electron chi connectivity index (χ4n) is 3.32. The van der Waals surface area contributed by atoms with E-state index in [4.69, 9.17) is 11.5 Å². The number of anilines is 2. The van der Waals surface area contributed by atoms with Crippen molar-refractivity contribution in [2.24, 2.45) is 5.73 Å². The number of rotatable bonds is 4. The number of hydrogen-bond acceptors (Lipinski definition) is 6. The highest BCUT2D eigenvalue weighted by Crippen LogP contribution is 2.35. The molecule has 0 spiro atoms. The van der Waals surface area contributed by atoms with Crippen molar-refractivity contribution in [2.75, 3.05) is 17.6 Å². The SMILES string of the molecule is CCc1cc(NC(=O)C(=O)N2CCCC[C@H]2c2ccc(C(N)=O)s2)cnc1N. The summed E-state index contributed by atoms with van der Waals surface area (Å²) >= 11 is 1.27. The van der Waals surface area contributed by atoms with Crippen LogP contribution < -0.4 is 16.8 Å². The third-order valence-electron chi connectivity index (χ3n) is 4.80. The number of amides is 3. The molecule has 5 N–H and O–H groups in total. The van der Waals surface area contributed by atoms with Crippen LogP contribution in [0.4, 0.5) is 11.5 Å². The molecule has 8 nitrogen and oxygen atoms in total. The molecule has 1 saturated heterocycles. The summed E-state index contributed by atoms with van der Waals surface area (Å²) in [7, 11) is 0. The van der Waals surface area contributed by atoms with Gasteiger partial charge in [-0.05, 0) is 49.4 Å². The second-order valence-electron chi connectivity index (χ2n) is 6.65. The smallest absolute Gasteiger partial charge is 0.313 e. The lowest BCUT2D eigenvalue weighted by Gasteiger charge is -2.34. The Morgan fingerprint density at radius 1 is 1.32 bits per heavy atom. The second-order valence-corrected chi connectivity index (χ2v) is 7.77. The molecule has 0 saturated carbocycles. The van der Waals surface area contributed by atoms with Crippen molar-refractivity contribution in [1.29, 1.82) is 0 Å². The molecule has 1 fully saturated rings. The minimum Gasteiger partial charge on any atom is -0.383 e. The summed E-state index contributed by atoms with van der Waals surface area (Å²) in [4.78, 5) is 43.7. The monoisotopic (exact) mass is 401 g/mol. The van der Waals surface area contributed by atoms with E-state index in [1.165, 1.54) is 17.5 Å². The van der Waals surface area contributed by atoms with E-state index in [0.29, 0.717) is 29.3 Å². The van der Waals surface area contributed by atoms with Gasteiger partial charge in [-0.3, -0.25) is 14.4 Å². The summed E-state index contributed by atoms with van der Waals surface area (Å²) in [6.45, 7) is 2.42. The average molecular weight is 401 g/mol. The number of nitrogens with zero attached hydrogens (tertiary/aromatic N) is 2. The van der Waals surface area contributed by atoms with Gasteiger partial charge < -0.3 is 21.7 Å². The van der Waals surface area contributed by atoms with Crippen LogP contribution in [0, 0.1) is 0 Å². The molecule has 148 valence electrons. The van der Waals surface area contributed by atoms with E-state index >= 15 is 0 Å². The lowest BCUT2D eigenvalue weighted by molar-refractivity contribution is -0.145. The number of hydrogen-bond donors (Lipinski definition) is 3. The van der Waals surface area contributed by atoms with Gasteiger partial charge in [0.15, 0.2) is 0 Å². The highest BCUT2D eigenvalue weighted by atomic mass is 32.1. The van der Waals surface area contributed by atoms with Gasteiger partial charge in [-0.2, -0.15) is 0 Å². The lowest BCUT2D eigenvalue weighted by Crippen LogP contribution is -2.44. The molecular weight excluding hydrogens is 378 g/mol. The Kier molecular flexibility index (Phi) is 5.93. The third-order valence-corrected chi connectivity index (χ3v) is 6.00. The Morgan fingerprint density at radius 2 is 2.11 bits per heavy atom. The molecule has 2 aromatic heterocycles. The van der Waals surface area contributed by atoms with E-state index < -0.39 is 17.7 Å². The predicted molar refractivity (Wildman–Crippen MR) is 108 cm³/mol. The first-order valence-electron chi connectivity index (χ1n) is 9.16. The van der Waals surface area contributed by atoms with Crippen LogP contribution in [0.2, 0.25) is 0 Å². The van der Waals surface area contributed by atoms with Crippen LogP contribution in [0.3, 0.4) is 0 Å². The summed E-state index contributed by atoms with van der Waals surface area (Å²) in [5, 5.41) is 2.62. The van der Waals surface area contributed by atoms with Gasteiger partial charge in [-0.15, -0.1) is 11.3 Å². The van der Waals surface area contributed by atoms with Crippen molar-refractivity contribution < 1.29 is 14.4 Å². The topological polar surface area (TPSA) is 131 Å². The van der Waals surface area contributed by atoms with Gasteiger partial charge in [0.05, 0.1) is 22.8 Å². The third kappa shape index (κ3) is 4.14. The molecule has 2 aromatic rings. The molecule has 0 bridgehead atoms. The molecule has 3 amide bonds. The first kappa shape index (κ1) is 19.8. The molecule has 0 aliphatic carbocycles. The van der Waals surface area contributed by atoms with Crippen LogP contribution in [-0.2, 0) is 16.0 Å². The number of pyridine rings is 1. The molecule has 28 heavy (non-hydrogen) atoms. The van der Waals surface area contributed by atoms with Crippen LogP contribution in [0.5, 0.6) is 0 Å². The second kappa shape index (κ2) is 8.39. The van der Waals surface area contributed by atoms with Gasteiger partial charge in [0.25, 0.3) is 5.91 Å². The fourth-order valence-corrected chi connectivity index (χ4v) is 4.33. The molecule has 1 aliphatic rings. The Morgan fingerprint density at radius 3 is 2.79 bits per heavy atom. The van der Waals surface area contributed by atoms with Gasteiger partial charge >= 0.3 is 11.8 Å². The number of aryl methyl sites for hydroxylation is 1. The van der Waals surface area contributed by atoms with Crippen molar-refractivity contribution in [3.8, 4) is 0 Å². The van der Waals surface area contributed by atoms with Crippen molar-refractivity contribution in [3.63, 3.8) is 0 Å². The fraction of sp³-hybridized carbons (Fsp3) is 0.368. The van der Waals surface area contributed by atoms with Crippen LogP contribution in [0.1, 0.15) is 52.3 Å². The van der Waals surface area contributed by atoms with Gasteiger partial charge in [-0.25, -0.2) is 4.98 Å². The van der Waals surface area contributed by atoms with Crippen LogP contribution in [0.25, 0.3) is 0 Å². The molecule has 9 heteroatoms. The molecule has 3 heterocycles. The maximum Gasteiger partial charge on any atom is 0.313 e. The first-order valence-corrected chi connectivity index (χ1v) is 9.98. The Hall–Kier alpha value is -2.94. The summed E-state index contributed by atoms with van der Waals surface area (Å²) in [6, 6.07) is 4.95. The maximum absolute atomic E-state index is 12.8. The number of nitrogens with one attached hydrogen (secondary N) is 1. The predicted octanol–water partition coefficient (Wildman–Crippen LogP) is 2.08. The largest absolute Gasteiger partial charge is 0.383 e. The zero-order chi connectivity index (χ0) is 20.3. The van der Waals surface area contributed by atoms with E-state index in [-0.39, 0.29) is 6.04 Å². The van der Waals surface area contributed by atoms with Crippen LogP contribution in [-0.4, -0.2) is 34.2 Å². The Bertz CT molecular complexity index is 911. The minimum absolute atomic E-state index is 0.235. The number of piperidine rings is 1. The van der Waals surface area contributed by atoms with E-state index in [9.17, 15) is 14.4 Å². The van der Waals surface area contributed by atoms with Gasteiger partial charge in [0, 0.05) is 11.4 Å². The van der Waals surface area contributed by atoms with E-state index in [2.05, 4.69) is 10.3 Å². The van der Waals surface area contributed by atoms with Gasteiger partial charge in [-0.1, -0.05) is 6.92 Å². The maximum atomic E-state index is 12.8. The van der Waals surface area contributed by atoms with E-state index in [0.717, 1.165) is 29.7 Å². The number of carbonyl (C=O) groups is 3. The van der Waals surface area contributed by atoms with E-state index in [1.807, 2.05) is 6.92 Å². The quantitative estimate of drug-likeness (QED) is 0.675. The zero-order valence-corrected chi connectivity index (χ0v) is 16.4. The number of carbonyl (C=O) groups excluding carboxylic acids is 3. The number of primary amides is 1. The normalized spacial score (nSPS) is 16.6. The molecule has 1 aliphatic heterocycles. The first-order chi connectivity index (χ1) is 13.4. The summed E-state index contributed by atoms with van der Waals surface area (Å²) in [5.74, 6) is -1.41. The summed E-state index contributed by atoms with van der Waals surface area (Å²) < 4.78 is 0. The molecule has 0 unspecified atom stereocenters. The summed E-state index contributed by atoms with van der Waals surface area (Å²) in [5.41, 5.74) is 12.4. The van der Waals surface area contributed by atoms with Crippen LogP contribution in [0.15, 0.2) is 24.4 Å². The van der Waals surface area contributed by atoms with Crippen molar-refractivity contribution in [2.45, 2.75) is 38.6 Å². The molecule has 1 atom stereocenters. The standard InChI is InChI=1S/C19H23N5O3S/c1-2-11-9-12(10-22-16(11)20)23-18(26)19(27)24-8-4-3-5-13(24)14-6-7-15(28-14)17(21)25/h6-7,9-10,13H,2-5,8H2,1H3,(H2,20,22)(H2,21,25)(H,23,26)/t13-/m0/s1. The number of nitrogen functional groups attached to an aromatic ring is 1. The van der Waals surface area contributed by atoms with E-state index in [1.54, 1.807) is 23.1 Å². The lowest BCUT2D eigenvalue weighted by atomic mass is 10.0.